The van der Waals surface area contributed by atoms with Crippen LogP contribution >= 0.6 is 11.6 Å². The van der Waals surface area contributed by atoms with Gasteiger partial charge in [-0.25, -0.2) is 15.0 Å². The zero-order valence-electron chi connectivity index (χ0n) is 16.2. The van der Waals surface area contributed by atoms with Gasteiger partial charge in [-0.05, 0) is 31.2 Å². The van der Waals surface area contributed by atoms with E-state index in [1.165, 1.54) is 6.08 Å². The van der Waals surface area contributed by atoms with E-state index in [2.05, 4.69) is 31.8 Å². The second kappa shape index (κ2) is 8.08. The fraction of sp³-hybridized carbons (Fsp3) is 0.190. The molecule has 3 heterocycles. The number of hydrogen-bond acceptors (Lipinski definition) is 7. The van der Waals surface area contributed by atoms with E-state index < -0.39 is 0 Å². The van der Waals surface area contributed by atoms with Crippen LogP contribution in [0.5, 0.6) is 11.8 Å². The molecule has 8 nitrogen and oxygen atoms in total. The van der Waals surface area contributed by atoms with Crippen LogP contribution in [0.4, 0.5) is 5.82 Å². The Morgan fingerprint density at radius 3 is 2.73 bits per heavy atom. The fourth-order valence-corrected chi connectivity index (χ4v) is 3.35. The van der Waals surface area contributed by atoms with E-state index >= 15 is 0 Å². The molecule has 1 fully saturated rings. The summed E-state index contributed by atoms with van der Waals surface area (Å²) in [6.45, 7) is 6.68. The molecule has 1 aromatic carbocycles. The van der Waals surface area contributed by atoms with Crippen LogP contribution in [0.2, 0.25) is 5.02 Å². The first-order valence-corrected chi connectivity index (χ1v) is 9.59. The van der Waals surface area contributed by atoms with Crippen LogP contribution in [0.25, 0.3) is 11.3 Å². The van der Waals surface area contributed by atoms with Crippen molar-refractivity contribution in [2.45, 2.75) is 12.5 Å². The van der Waals surface area contributed by atoms with Crippen molar-refractivity contribution in [2.24, 2.45) is 0 Å². The molecule has 152 valence electrons. The zero-order valence-corrected chi connectivity index (χ0v) is 17.0. The molecule has 0 radical (unpaired) electrons. The van der Waals surface area contributed by atoms with Gasteiger partial charge in [0.2, 0.25) is 5.91 Å². The van der Waals surface area contributed by atoms with E-state index in [0.29, 0.717) is 40.9 Å². The highest BCUT2D eigenvalue weighted by molar-refractivity contribution is 6.30. The zero-order chi connectivity index (χ0) is 21.1. The average Bonchev–Trinajstić information content (AvgIpc) is 2.72. The predicted octanol–water partition coefficient (Wildman–Crippen LogP) is 3.58. The van der Waals surface area contributed by atoms with Crippen LogP contribution in [-0.4, -0.2) is 49.4 Å². The normalized spacial score (nSPS) is 14.5. The third kappa shape index (κ3) is 4.38. The number of hydrogen-bond donors (Lipinski definition) is 1. The third-order valence-corrected chi connectivity index (χ3v) is 4.79. The van der Waals surface area contributed by atoms with Crippen LogP contribution in [-0.2, 0) is 4.79 Å². The van der Waals surface area contributed by atoms with E-state index in [1.807, 2.05) is 6.92 Å². The minimum absolute atomic E-state index is 0.0775. The van der Waals surface area contributed by atoms with Crippen LogP contribution < -0.4 is 10.1 Å². The molecule has 4 rings (SSSR count). The van der Waals surface area contributed by atoms with Crippen molar-refractivity contribution in [1.29, 1.82) is 0 Å². The molecule has 0 bridgehead atoms. The summed E-state index contributed by atoms with van der Waals surface area (Å²) in [5, 5.41) is 3.91. The molecule has 0 saturated carbocycles. The van der Waals surface area contributed by atoms with E-state index in [4.69, 9.17) is 16.3 Å². The van der Waals surface area contributed by atoms with Crippen LogP contribution in [0.3, 0.4) is 0 Å². The van der Waals surface area contributed by atoms with Gasteiger partial charge in [0, 0.05) is 36.1 Å². The number of carbonyl (C=O) groups is 1. The lowest BCUT2D eigenvalue weighted by molar-refractivity contribution is -0.132. The molecule has 1 amide bonds. The maximum Gasteiger partial charge on any atom is 0.321 e. The van der Waals surface area contributed by atoms with E-state index in [0.717, 1.165) is 0 Å². The summed E-state index contributed by atoms with van der Waals surface area (Å²) in [6, 6.07) is 7.21. The summed E-state index contributed by atoms with van der Waals surface area (Å²) in [7, 11) is 0. The fourth-order valence-electron chi connectivity index (χ4n) is 3.17. The first-order valence-electron chi connectivity index (χ1n) is 9.21. The number of amides is 1. The molecule has 30 heavy (non-hydrogen) atoms. The maximum absolute atomic E-state index is 11.7. The molecule has 2 aromatic heterocycles. The summed E-state index contributed by atoms with van der Waals surface area (Å²) in [5.41, 5.74) is 1.06. The Bertz CT molecular complexity index is 1080. The number of ether oxygens (including phenoxy) is 1. The Labute approximate surface area is 178 Å². The highest BCUT2D eigenvalue weighted by Crippen LogP contribution is 2.26. The number of nitrogens with zero attached hydrogens (tertiary/aromatic N) is 5. The monoisotopic (exact) mass is 422 g/mol. The molecule has 0 aliphatic carbocycles. The largest absolute Gasteiger partial charge is 0.424 e. The van der Waals surface area contributed by atoms with E-state index in [-0.39, 0.29) is 17.5 Å². The molecule has 0 unspecified atom stereocenters. The van der Waals surface area contributed by atoms with Crippen molar-refractivity contribution in [3.63, 3.8) is 0 Å². The van der Waals surface area contributed by atoms with E-state index in [1.54, 1.807) is 54.0 Å². The Hall–Kier alpha value is -3.52. The van der Waals surface area contributed by atoms with Crippen LogP contribution in [0.1, 0.15) is 6.92 Å². The topological polar surface area (TPSA) is 93.1 Å². The molecular weight excluding hydrogens is 404 g/mol. The number of nitrogens with one attached hydrogen (secondary N) is 1. The van der Waals surface area contributed by atoms with Crippen molar-refractivity contribution < 1.29 is 9.53 Å². The summed E-state index contributed by atoms with van der Waals surface area (Å²) >= 11 is 5.96. The molecule has 1 N–H and O–H groups in total. The van der Waals surface area contributed by atoms with Gasteiger partial charge in [-0.15, -0.1) is 0 Å². The van der Waals surface area contributed by atoms with Gasteiger partial charge in [0.1, 0.15) is 11.6 Å². The van der Waals surface area contributed by atoms with Crippen molar-refractivity contribution in [1.82, 2.24) is 24.8 Å². The number of aromatic nitrogens is 4. The predicted molar refractivity (Wildman–Crippen MR) is 113 cm³/mol. The number of likely N-dealkylation sites (tertiary alicyclic amines) is 1. The van der Waals surface area contributed by atoms with Gasteiger partial charge in [-0.3, -0.25) is 9.78 Å². The van der Waals surface area contributed by atoms with Gasteiger partial charge in [0.15, 0.2) is 0 Å². The van der Waals surface area contributed by atoms with Gasteiger partial charge in [0.05, 0.1) is 23.6 Å². The third-order valence-electron chi connectivity index (χ3n) is 4.56. The van der Waals surface area contributed by atoms with Crippen molar-refractivity contribution >= 4 is 23.3 Å². The lowest BCUT2D eigenvalue weighted by Crippen LogP contribution is -2.65. The lowest BCUT2D eigenvalue weighted by Gasteiger charge is -2.48. The molecule has 0 spiro atoms. The standard InChI is InChI=1S/C21H19ClN6O2/c1-3-19(29)28-12-21(2,13-28)27-18-11-23-10-17(26-18)14-8-24-20(25-9-14)30-16-6-4-5-15(22)7-16/h3-11H,1,12-13H2,2H3,(H,26,27). The highest BCUT2D eigenvalue weighted by Gasteiger charge is 2.40. The van der Waals surface area contributed by atoms with Gasteiger partial charge < -0.3 is 15.0 Å². The molecule has 3 aromatic rings. The van der Waals surface area contributed by atoms with Gasteiger partial charge in [-0.1, -0.05) is 24.2 Å². The second-order valence-electron chi connectivity index (χ2n) is 7.19. The quantitative estimate of drug-likeness (QED) is 0.607. The van der Waals surface area contributed by atoms with Crippen LogP contribution in [0.15, 0.2) is 61.7 Å². The van der Waals surface area contributed by atoms with Gasteiger partial charge in [0.25, 0.3) is 0 Å². The number of carbonyl (C=O) groups excluding carboxylic acids is 1. The first kappa shape index (κ1) is 19.8. The number of anilines is 1. The number of benzene rings is 1. The Morgan fingerprint density at radius 2 is 2.03 bits per heavy atom. The minimum atomic E-state index is -0.267. The molecule has 1 saturated heterocycles. The summed E-state index contributed by atoms with van der Waals surface area (Å²) in [5.74, 6) is 1.09. The number of rotatable bonds is 6. The SMILES string of the molecule is C=CC(=O)N1CC(C)(Nc2cncc(-c3cnc(Oc4cccc(Cl)c4)nc3)n2)C1. The van der Waals surface area contributed by atoms with Crippen molar-refractivity contribution in [3.8, 4) is 23.0 Å². The van der Waals surface area contributed by atoms with Crippen LogP contribution in [0, 0.1) is 0 Å². The molecular formula is C21H19ClN6O2. The Balaban J connectivity index is 1.44. The summed E-state index contributed by atoms with van der Waals surface area (Å²) in [4.78, 5) is 30.7. The Kier molecular flexibility index (Phi) is 5.33. The summed E-state index contributed by atoms with van der Waals surface area (Å²) in [6.07, 6.45) is 7.84. The summed E-state index contributed by atoms with van der Waals surface area (Å²) < 4.78 is 5.61. The molecule has 9 heteroatoms. The molecule has 1 aliphatic heterocycles. The van der Waals surface area contributed by atoms with Crippen molar-refractivity contribution in [2.75, 3.05) is 18.4 Å². The maximum atomic E-state index is 11.7. The first-order chi connectivity index (χ1) is 14.4. The van der Waals surface area contributed by atoms with Gasteiger partial charge >= 0.3 is 6.01 Å². The molecule has 1 aliphatic rings. The smallest absolute Gasteiger partial charge is 0.321 e. The highest BCUT2D eigenvalue weighted by atomic mass is 35.5. The molecule has 0 atom stereocenters. The van der Waals surface area contributed by atoms with Gasteiger partial charge in [-0.2, -0.15) is 0 Å². The average molecular weight is 423 g/mol. The second-order valence-corrected chi connectivity index (χ2v) is 7.62. The lowest BCUT2D eigenvalue weighted by atomic mass is 9.92. The van der Waals surface area contributed by atoms with E-state index in [9.17, 15) is 4.79 Å². The number of halogens is 1. The minimum Gasteiger partial charge on any atom is -0.424 e. The van der Waals surface area contributed by atoms with Crippen molar-refractivity contribution in [3.05, 3.63) is 66.7 Å². The Morgan fingerprint density at radius 1 is 1.27 bits per heavy atom.